The Kier molecular flexibility index (Phi) is 37.1. The highest BCUT2D eigenvalue weighted by Gasteiger charge is 2.28. The van der Waals surface area contributed by atoms with Crippen molar-refractivity contribution in [2.75, 3.05) is 43.1 Å². The van der Waals surface area contributed by atoms with Gasteiger partial charge in [-0.3, -0.25) is 5.41 Å². The lowest BCUT2D eigenvalue weighted by molar-refractivity contribution is 0.538. The smallest absolute Gasteiger partial charge is 0.171 e. The Balaban J connectivity index is 0.000000588. The third-order valence-electron chi connectivity index (χ3n) is 12.4. The quantitative estimate of drug-likeness (QED) is 0.00806. The Labute approximate surface area is 461 Å². The summed E-state index contributed by atoms with van der Waals surface area (Å²) in [7, 11) is 2.02. The fourth-order valence-electron chi connectivity index (χ4n) is 7.69. The zero-order valence-electron chi connectivity index (χ0n) is 45.9. The van der Waals surface area contributed by atoms with Gasteiger partial charge in [0, 0.05) is 43.0 Å². The zero-order chi connectivity index (χ0) is 56.5. The second-order valence-corrected chi connectivity index (χ2v) is 19.0. The largest absolute Gasteiger partial charge is 0.405 e. The van der Waals surface area contributed by atoms with Crippen molar-refractivity contribution in [3.63, 3.8) is 0 Å². The number of aromatic nitrogens is 4. The van der Waals surface area contributed by atoms with Crippen molar-refractivity contribution in [2.24, 2.45) is 28.7 Å². The molecule has 2 heterocycles. The highest BCUT2D eigenvalue weighted by atomic mass is 35.5. The van der Waals surface area contributed by atoms with Gasteiger partial charge in [-0.1, -0.05) is 170 Å². The molecule has 2 unspecified atom stereocenters. The van der Waals surface area contributed by atoms with Crippen molar-refractivity contribution < 1.29 is 0 Å². The maximum Gasteiger partial charge on any atom is 0.171 e. The predicted molar refractivity (Wildman–Crippen MR) is 327 cm³/mol. The fraction of sp³-hybridized carbons (Fsp3) is 0.466. The van der Waals surface area contributed by atoms with E-state index < -0.39 is 0 Å². The van der Waals surface area contributed by atoms with E-state index >= 15 is 0 Å². The number of nitrogens with one attached hydrogen (secondary N) is 4. The van der Waals surface area contributed by atoms with E-state index in [-0.39, 0.29) is 40.5 Å². The highest BCUT2D eigenvalue weighted by molar-refractivity contribution is 6.31. The first-order valence-corrected chi connectivity index (χ1v) is 27.2. The second-order valence-electron chi connectivity index (χ2n) is 18.7. The molecule has 2 aromatic heterocycles. The molecular formula is C58H96ClN17. The molecule has 0 saturated carbocycles. The SMILES string of the molecule is C=C(NCc1ccc(CCCCCCCCCNC)cc1)c1nc(N)c(N)nc1N.C=C1c2nc(N)c(Cl)nc21.C=CC(N)CCCCC(N)C(=C)NCCCCCCCCCc1ccc(CN)cc1.C=CN.N=CN. The molecule has 1 aliphatic carbocycles. The summed E-state index contributed by atoms with van der Waals surface area (Å²) in [5.74, 6) is 0.774. The molecule has 0 fully saturated rings. The number of nitrogen functional groups attached to an aromatic ring is 4. The molecule has 1 aliphatic rings. The number of hydrogen-bond donors (Lipinski definition) is 13. The molecule has 18 heteroatoms. The van der Waals surface area contributed by atoms with Gasteiger partial charge >= 0.3 is 0 Å². The van der Waals surface area contributed by atoms with Crippen LogP contribution >= 0.6 is 11.6 Å². The van der Waals surface area contributed by atoms with Crippen LogP contribution in [-0.4, -0.2) is 58.5 Å². The number of nitrogens with zero attached hydrogens (tertiary/aromatic N) is 4. The van der Waals surface area contributed by atoms with E-state index in [2.05, 4.69) is 129 Å². The maximum absolute atomic E-state index is 6.21. The number of unbranched alkanes of at least 4 members (excludes halogenated alkanes) is 13. The number of hydrogen-bond acceptors (Lipinski definition) is 16. The lowest BCUT2D eigenvalue weighted by Crippen LogP contribution is -2.31. The Bertz CT molecular complexity index is 2230. The van der Waals surface area contributed by atoms with E-state index in [1.54, 1.807) is 0 Å². The first-order chi connectivity index (χ1) is 36.6. The van der Waals surface area contributed by atoms with Crippen LogP contribution in [0.1, 0.15) is 155 Å². The summed E-state index contributed by atoms with van der Waals surface area (Å²) in [6.07, 6.45) is 28.5. The molecule has 5 rings (SSSR count). The molecule has 17 nitrogen and oxygen atoms in total. The van der Waals surface area contributed by atoms with Gasteiger partial charge in [-0.25, -0.2) is 19.9 Å². The molecule has 0 amide bonds. The van der Waals surface area contributed by atoms with Gasteiger partial charge in [0.15, 0.2) is 28.4 Å². The van der Waals surface area contributed by atoms with Crippen molar-refractivity contribution in [3.8, 4) is 0 Å². The van der Waals surface area contributed by atoms with Crippen molar-refractivity contribution in [1.82, 2.24) is 35.9 Å². The molecule has 2 aromatic carbocycles. The minimum absolute atomic E-state index is 0.0384. The average molecular weight is 1070 g/mol. The summed E-state index contributed by atoms with van der Waals surface area (Å²) < 4.78 is 0. The molecule has 0 spiro atoms. The first-order valence-electron chi connectivity index (χ1n) is 26.8. The van der Waals surface area contributed by atoms with Crippen LogP contribution in [0.3, 0.4) is 0 Å². The zero-order valence-corrected chi connectivity index (χ0v) is 46.6. The van der Waals surface area contributed by atoms with Gasteiger partial charge in [-0.15, -0.1) is 6.58 Å². The fourth-order valence-corrected chi connectivity index (χ4v) is 7.82. The number of fused-ring (bicyclic) bond motifs is 1. The molecule has 76 heavy (non-hydrogen) atoms. The van der Waals surface area contributed by atoms with Crippen LogP contribution in [0.5, 0.6) is 0 Å². The maximum atomic E-state index is 6.21. The van der Waals surface area contributed by atoms with Gasteiger partial charge < -0.3 is 67.6 Å². The highest BCUT2D eigenvalue weighted by Crippen LogP contribution is 2.38. The topological polar surface area (TPSA) is 346 Å². The minimum Gasteiger partial charge on any atom is -0.405 e. The van der Waals surface area contributed by atoms with Crippen LogP contribution in [0.25, 0.3) is 11.3 Å². The summed E-state index contributed by atoms with van der Waals surface area (Å²) in [6.45, 7) is 22.0. The van der Waals surface area contributed by atoms with Crippen LogP contribution in [0, 0.1) is 5.41 Å². The lowest BCUT2D eigenvalue weighted by Gasteiger charge is -2.17. The van der Waals surface area contributed by atoms with Crippen molar-refractivity contribution in [1.29, 1.82) is 5.41 Å². The van der Waals surface area contributed by atoms with Crippen molar-refractivity contribution >= 4 is 52.5 Å². The molecule has 0 radical (unpaired) electrons. The number of nitrogens with two attached hydrogens (primary N) is 9. The van der Waals surface area contributed by atoms with E-state index in [1.165, 1.54) is 119 Å². The van der Waals surface area contributed by atoms with Crippen molar-refractivity contribution in [2.45, 2.75) is 154 Å². The van der Waals surface area contributed by atoms with Gasteiger partial charge in [0.2, 0.25) is 0 Å². The molecule has 2 atom stereocenters. The second kappa shape index (κ2) is 41.7. The van der Waals surface area contributed by atoms with Gasteiger partial charge in [-0.05, 0) is 93.4 Å². The molecule has 0 saturated heterocycles. The number of halogens is 1. The summed E-state index contributed by atoms with van der Waals surface area (Å²) in [5, 5.41) is 16.0. The van der Waals surface area contributed by atoms with Crippen molar-refractivity contribution in [3.05, 3.63) is 144 Å². The minimum atomic E-state index is 0.0384. The standard InChI is InChI=1S/C26H46N4.C23H37N7.C6H4ClN3.C2H5N.CH4N2/c1-3-25(28)14-10-11-15-26(29)22(2)30-20-12-8-6-4-5-7-9-13-23-16-18-24(21-27)19-17-23;1-17(20-21(24)30-23(26)22(25)29-20)28-16-19-13-11-18(12-14-19)10-8-6-4-3-5-7-9-15-27-2;1-2-3-4(2)10-6(8)5(7)9-3;1-2-3;2-1-3/h3,16-19,25-26,30H,1-2,4-15,20-21,27-29H2;11-14,27-28H,1,3-10,15-16H2,2H3,(H2,25,29)(H4,24,26,30);1H2,(H2,8,10);2H,1,3H2;1H,(H3,2,3). The Hall–Kier alpha value is -6.50. The van der Waals surface area contributed by atoms with Crippen LogP contribution in [0.15, 0.2) is 99.4 Å². The number of aryl methyl sites for hydroxylation is 2. The van der Waals surface area contributed by atoms with Crippen LogP contribution in [0.2, 0.25) is 5.15 Å². The van der Waals surface area contributed by atoms with E-state index in [4.69, 9.17) is 57.1 Å². The third-order valence-corrected chi connectivity index (χ3v) is 12.7. The Morgan fingerprint density at radius 1 is 0.605 bits per heavy atom. The van der Waals surface area contributed by atoms with Gasteiger partial charge in [0.05, 0.1) is 12.0 Å². The third kappa shape index (κ3) is 30.2. The van der Waals surface area contributed by atoms with Gasteiger partial charge in [-0.2, -0.15) is 0 Å². The first kappa shape index (κ1) is 67.5. The van der Waals surface area contributed by atoms with Crippen LogP contribution < -0.4 is 67.6 Å². The van der Waals surface area contributed by atoms with Gasteiger partial charge in [0.1, 0.15) is 17.1 Å². The van der Waals surface area contributed by atoms with E-state index in [0.29, 0.717) is 24.5 Å². The average Bonchev–Trinajstić information content (AvgIpc) is 4.04. The lowest BCUT2D eigenvalue weighted by atomic mass is 10.0. The predicted octanol–water partition coefficient (Wildman–Crippen LogP) is 9.13. The molecule has 0 bridgehead atoms. The van der Waals surface area contributed by atoms with E-state index in [9.17, 15) is 0 Å². The van der Waals surface area contributed by atoms with E-state index in [0.717, 1.165) is 79.8 Å². The summed E-state index contributed by atoms with van der Waals surface area (Å²) in [4.78, 5) is 16.0. The van der Waals surface area contributed by atoms with Gasteiger partial charge in [0.25, 0.3) is 0 Å². The molecule has 420 valence electrons. The monoisotopic (exact) mass is 1070 g/mol. The van der Waals surface area contributed by atoms with Crippen LogP contribution in [0.4, 0.5) is 23.3 Å². The van der Waals surface area contributed by atoms with E-state index in [1.807, 2.05) is 13.1 Å². The molecule has 0 aliphatic heterocycles. The summed E-state index contributed by atoms with van der Waals surface area (Å²) in [6, 6.07) is 17.6. The normalized spacial score (nSPS) is 11.5. The van der Waals surface area contributed by atoms with Crippen LogP contribution in [-0.2, 0) is 25.9 Å². The summed E-state index contributed by atoms with van der Waals surface area (Å²) in [5.41, 5.74) is 58.9. The Morgan fingerprint density at radius 3 is 1.55 bits per heavy atom. The number of anilines is 4. The summed E-state index contributed by atoms with van der Waals surface area (Å²) >= 11 is 5.57. The molecular weight excluding hydrogens is 970 g/mol. The Morgan fingerprint density at radius 2 is 1.05 bits per heavy atom. The number of rotatable bonds is 33. The number of benzene rings is 2. The molecule has 4 aromatic rings. The molecule has 22 N–H and O–H groups in total.